The lowest BCUT2D eigenvalue weighted by Gasteiger charge is -1.95. The Morgan fingerprint density at radius 1 is 1.35 bits per heavy atom. The first-order chi connectivity index (χ1) is 8.15. The monoisotopic (exact) mass is 246 g/mol. The molecule has 2 heterocycles. The molecule has 0 saturated carbocycles. The normalized spacial score (nSPS) is 11.2. The minimum Gasteiger partial charge on any atom is -0.384 e. The maximum absolute atomic E-state index is 6.01. The highest BCUT2D eigenvalue weighted by Gasteiger charge is 2.10. The van der Waals surface area contributed by atoms with Crippen molar-refractivity contribution in [2.24, 2.45) is 7.05 Å². The van der Waals surface area contributed by atoms with Gasteiger partial charge in [0.15, 0.2) is 0 Å². The Morgan fingerprint density at radius 2 is 2.18 bits per heavy atom. The number of hydrogen-bond acceptors (Lipinski definition) is 2. The zero-order chi connectivity index (χ0) is 12.0. The van der Waals surface area contributed by atoms with E-state index in [1.54, 1.807) is 4.68 Å². The highest BCUT2D eigenvalue weighted by atomic mass is 35.5. The Bertz CT molecular complexity index is 676. The molecule has 3 rings (SSSR count). The van der Waals surface area contributed by atoms with E-state index >= 15 is 0 Å². The maximum Gasteiger partial charge on any atom is 0.121 e. The summed E-state index contributed by atoms with van der Waals surface area (Å²) >= 11 is 6.01. The van der Waals surface area contributed by atoms with Crippen LogP contribution in [0.1, 0.15) is 0 Å². The van der Waals surface area contributed by atoms with Gasteiger partial charge in [0.2, 0.25) is 0 Å². The van der Waals surface area contributed by atoms with Gasteiger partial charge < -0.3 is 10.7 Å². The van der Waals surface area contributed by atoms with E-state index in [0.717, 1.165) is 22.2 Å². The van der Waals surface area contributed by atoms with Crippen LogP contribution in [0.5, 0.6) is 0 Å². The van der Waals surface area contributed by atoms with Gasteiger partial charge in [0.05, 0.1) is 5.69 Å². The second-order valence-corrected chi connectivity index (χ2v) is 4.41. The highest BCUT2D eigenvalue weighted by Crippen LogP contribution is 2.30. The number of nitrogens with one attached hydrogen (secondary N) is 1. The molecule has 0 spiro atoms. The molecule has 0 fully saturated rings. The van der Waals surface area contributed by atoms with E-state index in [1.807, 2.05) is 37.5 Å². The predicted octanol–water partition coefficient (Wildman–Crippen LogP) is 2.80. The molecule has 0 atom stereocenters. The van der Waals surface area contributed by atoms with E-state index in [2.05, 4.69) is 10.1 Å². The average molecular weight is 247 g/mol. The predicted molar refractivity (Wildman–Crippen MR) is 69.9 cm³/mol. The molecular weight excluding hydrogens is 236 g/mol. The molecule has 3 aromatic rings. The quantitative estimate of drug-likeness (QED) is 0.694. The van der Waals surface area contributed by atoms with Gasteiger partial charge in [0.25, 0.3) is 0 Å². The number of nitrogens with zero attached hydrogens (tertiary/aromatic N) is 2. The lowest BCUT2D eigenvalue weighted by molar-refractivity contribution is 0.782. The number of H-pyrrole nitrogens is 1. The topological polar surface area (TPSA) is 59.6 Å². The number of rotatable bonds is 1. The Hall–Kier alpha value is -1.94. The lowest BCUT2D eigenvalue weighted by atomic mass is 10.1. The van der Waals surface area contributed by atoms with Gasteiger partial charge in [-0.1, -0.05) is 11.6 Å². The van der Waals surface area contributed by atoms with E-state index in [0.29, 0.717) is 10.8 Å². The minimum absolute atomic E-state index is 0.636. The molecule has 0 saturated heterocycles. The van der Waals surface area contributed by atoms with Crippen molar-refractivity contribution in [3.63, 3.8) is 0 Å². The number of aromatic amines is 1. The van der Waals surface area contributed by atoms with E-state index < -0.39 is 0 Å². The van der Waals surface area contributed by atoms with Gasteiger partial charge in [-0.2, -0.15) is 5.10 Å². The zero-order valence-corrected chi connectivity index (χ0v) is 9.99. The second-order valence-electron chi connectivity index (χ2n) is 3.97. The average Bonchev–Trinajstić information content (AvgIpc) is 2.83. The summed E-state index contributed by atoms with van der Waals surface area (Å²) in [7, 11) is 1.82. The van der Waals surface area contributed by atoms with Crippen LogP contribution >= 0.6 is 11.6 Å². The summed E-state index contributed by atoms with van der Waals surface area (Å²) in [5.41, 5.74) is 8.68. The van der Waals surface area contributed by atoms with Gasteiger partial charge in [0, 0.05) is 40.8 Å². The van der Waals surface area contributed by atoms with Crippen LogP contribution in [0.3, 0.4) is 0 Å². The van der Waals surface area contributed by atoms with Crippen LogP contribution in [-0.2, 0) is 7.05 Å². The fourth-order valence-electron chi connectivity index (χ4n) is 1.92. The molecule has 17 heavy (non-hydrogen) atoms. The van der Waals surface area contributed by atoms with Crippen molar-refractivity contribution in [2.75, 3.05) is 5.73 Å². The summed E-state index contributed by atoms with van der Waals surface area (Å²) in [4.78, 5) is 3.19. The third kappa shape index (κ3) is 1.57. The van der Waals surface area contributed by atoms with Gasteiger partial charge in [-0.05, 0) is 18.2 Å². The summed E-state index contributed by atoms with van der Waals surface area (Å²) < 4.78 is 1.65. The van der Waals surface area contributed by atoms with Crippen LogP contribution in [0, 0.1) is 0 Å². The standard InChI is InChI=1S/C12H11ClN4/c1-17-12(14)5-11(16-17)9-6-15-10-3-2-7(13)4-8(9)10/h2-6,15H,14H2,1H3. The molecule has 0 aliphatic heterocycles. The number of fused-ring (bicyclic) bond motifs is 1. The van der Waals surface area contributed by atoms with Gasteiger partial charge in [-0.3, -0.25) is 4.68 Å². The SMILES string of the molecule is Cn1nc(-c2c[nH]c3ccc(Cl)cc23)cc1N. The molecule has 5 heteroatoms. The molecule has 0 aliphatic carbocycles. The number of nitrogens with two attached hydrogens (primary N) is 1. The van der Waals surface area contributed by atoms with Gasteiger partial charge >= 0.3 is 0 Å². The van der Waals surface area contributed by atoms with E-state index in [4.69, 9.17) is 17.3 Å². The molecule has 3 N–H and O–H groups in total. The first-order valence-corrected chi connectivity index (χ1v) is 5.59. The van der Waals surface area contributed by atoms with Crippen LogP contribution in [0.25, 0.3) is 22.2 Å². The number of nitrogen functional groups attached to an aromatic ring is 1. The van der Waals surface area contributed by atoms with E-state index in [1.165, 1.54) is 0 Å². The largest absolute Gasteiger partial charge is 0.384 e. The molecule has 2 aromatic heterocycles. The van der Waals surface area contributed by atoms with Crippen LogP contribution in [-0.4, -0.2) is 14.8 Å². The molecule has 0 amide bonds. The van der Waals surface area contributed by atoms with Crippen LogP contribution in [0.4, 0.5) is 5.82 Å². The smallest absolute Gasteiger partial charge is 0.121 e. The molecule has 0 unspecified atom stereocenters. The number of halogens is 1. The Labute approximate surface area is 103 Å². The molecule has 4 nitrogen and oxygen atoms in total. The van der Waals surface area contributed by atoms with Crippen molar-refractivity contribution in [1.82, 2.24) is 14.8 Å². The van der Waals surface area contributed by atoms with E-state index in [-0.39, 0.29) is 0 Å². The molecular formula is C12H11ClN4. The first kappa shape index (κ1) is 10.2. The Balaban J connectivity index is 2.26. The number of aromatic nitrogens is 3. The molecule has 0 radical (unpaired) electrons. The molecule has 1 aromatic carbocycles. The van der Waals surface area contributed by atoms with Crippen molar-refractivity contribution >= 4 is 28.3 Å². The maximum atomic E-state index is 6.01. The van der Waals surface area contributed by atoms with E-state index in [9.17, 15) is 0 Å². The molecule has 0 aliphatic rings. The van der Waals surface area contributed by atoms with Gasteiger partial charge in [0.1, 0.15) is 5.82 Å². The third-order valence-corrected chi connectivity index (χ3v) is 3.07. The second kappa shape index (κ2) is 3.53. The number of hydrogen-bond donors (Lipinski definition) is 2. The number of aryl methyl sites for hydroxylation is 1. The summed E-state index contributed by atoms with van der Waals surface area (Å²) in [6, 6.07) is 7.58. The van der Waals surface area contributed by atoms with Crippen LogP contribution in [0.15, 0.2) is 30.5 Å². The van der Waals surface area contributed by atoms with Crippen molar-refractivity contribution in [3.8, 4) is 11.3 Å². The van der Waals surface area contributed by atoms with Gasteiger partial charge in [-0.15, -0.1) is 0 Å². The van der Waals surface area contributed by atoms with Crippen molar-refractivity contribution in [2.45, 2.75) is 0 Å². The minimum atomic E-state index is 0.636. The van der Waals surface area contributed by atoms with Gasteiger partial charge in [-0.25, -0.2) is 0 Å². The van der Waals surface area contributed by atoms with Crippen LogP contribution in [0.2, 0.25) is 5.02 Å². The number of benzene rings is 1. The Morgan fingerprint density at radius 3 is 2.88 bits per heavy atom. The van der Waals surface area contributed by atoms with Crippen molar-refractivity contribution in [1.29, 1.82) is 0 Å². The Kier molecular flexibility index (Phi) is 2.12. The molecule has 86 valence electrons. The molecule has 0 bridgehead atoms. The van der Waals surface area contributed by atoms with Crippen LogP contribution < -0.4 is 5.73 Å². The highest BCUT2D eigenvalue weighted by molar-refractivity contribution is 6.31. The first-order valence-electron chi connectivity index (χ1n) is 5.21. The summed E-state index contributed by atoms with van der Waals surface area (Å²) in [5, 5.41) is 6.12. The lowest BCUT2D eigenvalue weighted by Crippen LogP contribution is -1.96. The zero-order valence-electron chi connectivity index (χ0n) is 9.24. The van der Waals surface area contributed by atoms with Crippen molar-refractivity contribution < 1.29 is 0 Å². The summed E-state index contributed by atoms with van der Waals surface area (Å²) in [5.74, 6) is 0.636. The summed E-state index contributed by atoms with van der Waals surface area (Å²) in [6.07, 6.45) is 1.92. The van der Waals surface area contributed by atoms with Crippen molar-refractivity contribution in [3.05, 3.63) is 35.5 Å². The number of anilines is 1. The fourth-order valence-corrected chi connectivity index (χ4v) is 2.09. The fraction of sp³-hybridized carbons (Fsp3) is 0.0833. The summed E-state index contributed by atoms with van der Waals surface area (Å²) in [6.45, 7) is 0. The third-order valence-electron chi connectivity index (χ3n) is 2.84.